The van der Waals surface area contributed by atoms with Gasteiger partial charge in [0.1, 0.15) is 6.29 Å². The van der Waals surface area contributed by atoms with Crippen molar-refractivity contribution in [3.8, 4) is 0 Å². The zero-order chi connectivity index (χ0) is 11.7. The normalized spacial score (nSPS) is 12.7. The van der Waals surface area contributed by atoms with Gasteiger partial charge in [0.2, 0.25) is 0 Å². The van der Waals surface area contributed by atoms with Crippen LogP contribution in [0.25, 0.3) is 10.8 Å². The van der Waals surface area contributed by atoms with Gasteiger partial charge in [0.25, 0.3) is 0 Å². The molecule has 0 aliphatic heterocycles. The summed E-state index contributed by atoms with van der Waals surface area (Å²) in [5, 5.41) is 2.50. The van der Waals surface area contributed by atoms with Crippen molar-refractivity contribution in [1.29, 1.82) is 0 Å². The molecule has 1 nitrogen and oxygen atoms in total. The summed E-state index contributed by atoms with van der Waals surface area (Å²) in [7, 11) is 0. The van der Waals surface area contributed by atoms with Gasteiger partial charge in [-0.3, -0.25) is 0 Å². The van der Waals surface area contributed by atoms with Gasteiger partial charge >= 0.3 is 0 Å². The van der Waals surface area contributed by atoms with Gasteiger partial charge in [-0.1, -0.05) is 42.8 Å². The van der Waals surface area contributed by atoms with E-state index in [9.17, 15) is 4.79 Å². The first-order valence-electron chi connectivity index (χ1n) is 5.58. The van der Waals surface area contributed by atoms with Crippen LogP contribution in [0.1, 0.15) is 29.5 Å². The second kappa shape index (κ2) is 4.09. The number of carbonyl (C=O) groups excluding carboxylic acids is 1. The van der Waals surface area contributed by atoms with Crippen LogP contribution in [0.2, 0.25) is 0 Å². The molecular formula is C15H16O. The number of rotatable bonds is 2. The van der Waals surface area contributed by atoms with Crippen molar-refractivity contribution in [2.45, 2.75) is 26.7 Å². The monoisotopic (exact) mass is 212 g/mol. The molecule has 2 aromatic carbocycles. The summed E-state index contributed by atoms with van der Waals surface area (Å²) in [6, 6.07) is 10.6. The van der Waals surface area contributed by atoms with E-state index < -0.39 is 0 Å². The van der Waals surface area contributed by atoms with Crippen LogP contribution in [0.4, 0.5) is 0 Å². The summed E-state index contributed by atoms with van der Waals surface area (Å²) >= 11 is 0. The molecule has 1 heteroatoms. The Kier molecular flexibility index (Phi) is 2.78. The molecule has 0 saturated heterocycles. The van der Waals surface area contributed by atoms with Crippen LogP contribution < -0.4 is 0 Å². The highest BCUT2D eigenvalue weighted by Gasteiger charge is 2.05. The predicted molar refractivity (Wildman–Crippen MR) is 67.9 cm³/mol. The number of aldehydes is 1. The summed E-state index contributed by atoms with van der Waals surface area (Å²) in [6.07, 6.45) is 0.990. The summed E-state index contributed by atoms with van der Waals surface area (Å²) in [4.78, 5) is 10.8. The van der Waals surface area contributed by atoms with Crippen LogP contribution in [-0.2, 0) is 4.79 Å². The molecule has 0 N–H and O–H groups in total. The Morgan fingerprint density at radius 1 is 1.12 bits per heavy atom. The van der Waals surface area contributed by atoms with E-state index >= 15 is 0 Å². The molecule has 1 atom stereocenters. The molecule has 0 aliphatic carbocycles. The van der Waals surface area contributed by atoms with E-state index in [2.05, 4.69) is 38.1 Å². The summed E-state index contributed by atoms with van der Waals surface area (Å²) in [6.45, 7) is 6.15. The Bertz CT molecular complexity index is 540. The van der Waals surface area contributed by atoms with Gasteiger partial charge in [-0.2, -0.15) is 0 Å². The molecule has 0 amide bonds. The van der Waals surface area contributed by atoms with Gasteiger partial charge in [-0.25, -0.2) is 0 Å². The van der Waals surface area contributed by atoms with Gasteiger partial charge in [0, 0.05) is 5.92 Å². The third-order valence-electron chi connectivity index (χ3n) is 3.06. The molecule has 1 unspecified atom stereocenters. The standard InChI is InChI=1S/C15H16O/c1-10-6-11(2)15-5-4-13(12(3)9-16)8-14(15)7-10/h4-9,12H,1-3H3. The molecule has 0 radical (unpaired) electrons. The molecule has 16 heavy (non-hydrogen) atoms. The quantitative estimate of drug-likeness (QED) is 0.693. The second-order valence-electron chi connectivity index (χ2n) is 4.49. The first-order chi connectivity index (χ1) is 7.61. The van der Waals surface area contributed by atoms with Crippen molar-refractivity contribution >= 4 is 17.1 Å². The van der Waals surface area contributed by atoms with Crippen LogP contribution in [0, 0.1) is 13.8 Å². The van der Waals surface area contributed by atoms with E-state index in [0.29, 0.717) is 0 Å². The highest BCUT2D eigenvalue weighted by atomic mass is 16.1. The van der Waals surface area contributed by atoms with Crippen molar-refractivity contribution in [3.63, 3.8) is 0 Å². The van der Waals surface area contributed by atoms with Crippen molar-refractivity contribution in [1.82, 2.24) is 0 Å². The summed E-state index contributed by atoms with van der Waals surface area (Å²) in [5.41, 5.74) is 3.65. The Hall–Kier alpha value is -1.63. The van der Waals surface area contributed by atoms with Crippen LogP contribution in [-0.4, -0.2) is 6.29 Å². The van der Waals surface area contributed by atoms with Crippen LogP contribution in [0.15, 0.2) is 30.3 Å². The number of hydrogen-bond acceptors (Lipinski definition) is 1. The first-order valence-corrected chi connectivity index (χ1v) is 5.58. The summed E-state index contributed by atoms with van der Waals surface area (Å²) < 4.78 is 0. The molecule has 0 fully saturated rings. The topological polar surface area (TPSA) is 17.1 Å². The fraction of sp³-hybridized carbons (Fsp3) is 0.267. The Morgan fingerprint density at radius 2 is 1.88 bits per heavy atom. The zero-order valence-corrected chi connectivity index (χ0v) is 9.95. The number of carbonyl (C=O) groups is 1. The van der Waals surface area contributed by atoms with Gasteiger partial charge in [0.15, 0.2) is 0 Å². The highest BCUT2D eigenvalue weighted by molar-refractivity contribution is 5.87. The first kappa shape index (κ1) is 10.9. The largest absolute Gasteiger partial charge is 0.303 e. The van der Waals surface area contributed by atoms with E-state index in [1.165, 1.54) is 21.9 Å². The smallest absolute Gasteiger partial charge is 0.127 e. The van der Waals surface area contributed by atoms with Crippen LogP contribution in [0.5, 0.6) is 0 Å². The van der Waals surface area contributed by atoms with Crippen molar-refractivity contribution in [2.75, 3.05) is 0 Å². The number of benzene rings is 2. The highest BCUT2D eigenvalue weighted by Crippen LogP contribution is 2.24. The van der Waals surface area contributed by atoms with Gasteiger partial charge in [-0.15, -0.1) is 0 Å². The Morgan fingerprint density at radius 3 is 2.56 bits per heavy atom. The van der Waals surface area contributed by atoms with Gasteiger partial charge in [0.05, 0.1) is 0 Å². The maximum Gasteiger partial charge on any atom is 0.127 e. The van der Waals surface area contributed by atoms with E-state index in [0.717, 1.165) is 11.8 Å². The lowest BCUT2D eigenvalue weighted by Crippen LogP contribution is -1.94. The van der Waals surface area contributed by atoms with E-state index in [1.54, 1.807) is 0 Å². The van der Waals surface area contributed by atoms with Crippen molar-refractivity contribution < 1.29 is 4.79 Å². The van der Waals surface area contributed by atoms with Crippen LogP contribution in [0.3, 0.4) is 0 Å². The molecule has 2 rings (SSSR count). The lowest BCUT2D eigenvalue weighted by atomic mass is 9.96. The fourth-order valence-corrected chi connectivity index (χ4v) is 2.13. The molecule has 0 aromatic heterocycles. The van der Waals surface area contributed by atoms with Gasteiger partial charge < -0.3 is 4.79 Å². The number of fused-ring (bicyclic) bond motifs is 1. The number of aryl methyl sites for hydroxylation is 2. The van der Waals surface area contributed by atoms with Gasteiger partial charge in [-0.05, 0) is 35.7 Å². The van der Waals surface area contributed by atoms with E-state index in [4.69, 9.17) is 0 Å². The molecule has 0 heterocycles. The maximum atomic E-state index is 10.8. The fourth-order valence-electron chi connectivity index (χ4n) is 2.13. The third-order valence-corrected chi connectivity index (χ3v) is 3.06. The van der Waals surface area contributed by atoms with E-state index in [-0.39, 0.29) is 5.92 Å². The molecular weight excluding hydrogens is 196 g/mol. The number of hydrogen-bond donors (Lipinski definition) is 0. The lowest BCUT2D eigenvalue weighted by Gasteiger charge is -2.08. The minimum atomic E-state index is -0.0229. The predicted octanol–water partition coefficient (Wildman–Crippen LogP) is 3.76. The molecule has 0 aliphatic rings. The molecule has 0 spiro atoms. The molecule has 82 valence electrons. The minimum Gasteiger partial charge on any atom is -0.303 e. The molecule has 0 saturated carbocycles. The Balaban J connectivity index is 2.66. The van der Waals surface area contributed by atoms with E-state index in [1.807, 2.05) is 13.0 Å². The average molecular weight is 212 g/mol. The lowest BCUT2D eigenvalue weighted by molar-refractivity contribution is -0.108. The second-order valence-corrected chi connectivity index (χ2v) is 4.49. The van der Waals surface area contributed by atoms with Crippen LogP contribution >= 0.6 is 0 Å². The zero-order valence-electron chi connectivity index (χ0n) is 9.95. The summed E-state index contributed by atoms with van der Waals surface area (Å²) in [5.74, 6) is -0.0229. The maximum absolute atomic E-state index is 10.8. The minimum absolute atomic E-state index is 0.0229. The SMILES string of the molecule is Cc1cc(C)c2ccc(C(C)C=O)cc2c1. The van der Waals surface area contributed by atoms with Crippen molar-refractivity contribution in [3.05, 3.63) is 47.0 Å². The molecule has 2 aromatic rings. The third kappa shape index (κ3) is 1.85. The average Bonchev–Trinajstić information content (AvgIpc) is 2.27. The molecule has 0 bridgehead atoms. The Labute approximate surface area is 96.1 Å². The van der Waals surface area contributed by atoms with Crippen molar-refractivity contribution in [2.24, 2.45) is 0 Å².